The fraction of sp³-hybridized carbons (Fsp3) is 0.524. The van der Waals surface area contributed by atoms with Gasteiger partial charge in [-0.15, -0.1) is 0 Å². The van der Waals surface area contributed by atoms with Crippen LogP contribution in [0.15, 0.2) is 58.4 Å². The Kier molecular flexibility index (Phi) is 4.14. The second kappa shape index (κ2) is 5.83. The molecule has 0 fully saturated rings. The normalized spacial score (nSPS) is 26.5. The first-order valence-electron chi connectivity index (χ1n) is 8.73. The molecule has 0 aromatic rings. The van der Waals surface area contributed by atoms with Gasteiger partial charge in [0, 0.05) is 5.41 Å². The number of rotatable bonds is 6. The molecule has 0 radical (unpaired) electrons. The number of fused-ring (bicyclic) bond motifs is 1. The summed E-state index contributed by atoms with van der Waals surface area (Å²) in [4.78, 5) is 0. The number of aliphatic hydroxyl groups excluding tert-OH is 1. The zero-order chi connectivity index (χ0) is 16.7. The molecule has 0 aliphatic heterocycles. The molecule has 0 aromatic heterocycles. The minimum atomic E-state index is -0.550. The van der Waals surface area contributed by atoms with E-state index in [-0.39, 0.29) is 5.41 Å². The van der Waals surface area contributed by atoms with Crippen LogP contribution in [-0.2, 0) is 0 Å². The third kappa shape index (κ3) is 3.23. The lowest BCUT2D eigenvalue weighted by Crippen LogP contribution is -2.21. The molecule has 1 spiro atoms. The van der Waals surface area contributed by atoms with Crippen molar-refractivity contribution in [1.29, 1.82) is 0 Å². The molecule has 0 heterocycles. The van der Waals surface area contributed by atoms with Crippen LogP contribution in [0.3, 0.4) is 0 Å². The summed E-state index contributed by atoms with van der Waals surface area (Å²) in [6.07, 6.45) is 16.9. The standard InChI is InChI=1S/C21H28O2/c1-15(6-4-5-10-20(2,3)23)12-17-7-8-18-13-16-14-21(17,18)11-9-19(16)22/h7-9,12-13,22-23H,4-6,10-11,14H2,1-3H3. The summed E-state index contributed by atoms with van der Waals surface area (Å²) in [6.45, 7) is 5.96. The van der Waals surface area contributed by atoms with E-state index in [1.54, 1.807) is 0 Å². The van der Waals surface area contributed by atoms with E-state index in [1.165, 1.54) is 16.7 Å². The molecule has 0 saturated heterocycles. The van der Waals surface area contributed by atoms with Crippen molar-refractivity contribution in [3.8, 4) is 0 Å². The van der Waals surface area contributed by atoms with Gasteiger partial charge in [-0.25, -0.2) is 0 Å². The quantitative estimate of drug-likeness (QED) is 0.654. The van der Waals surface area contributed by atoms with Gasteiger partial charge >= 0.3 is 0 Å². The summed E-state index contributed by atoms with van der Waals surface area (Å²) in [5.41, 5.74) is 4.78. The van der Waals surface area contributed by atoms with Crippen LogP contribution in [0.4, 0.5) is 0 Å². The predicted octanol–water partition coefficient (Wildman–Crippen LogP) is 5.29. The van der Waals surface area contributed by atoms with Crippen LogP contribution in [0.25, 0.3) is 0 Å². The molecule has 2 nitrogen and oxygen atoms in total. The van der Waals surface area contributed by atoms with Crippen molar-refractivity contribution < 1.29 is 10.2 Å². The third-order valence-corrected chi connectivity index (χ3v) is 5.35. The Morgan fingerprint density at radius 2 is 2.09 bits per heavy atom. The lowest BCUT2D eigenvalue weighted by molar-refractivity contribution is 0.0682. The third-order valence-electron chi connectivity index (χ3n) is 5.35. The molecule has 1 unspecified atom stereocenters. The summed E-state index contributed by atoms with van der Waals surface area (Å²) >= 11 is 0. The van der Waals surface area contributed by atoms with Crippen molar-refractivity contribution in [2.24, 2.45) is 5.41 Å². The number of unbranched alkanes of at least 4 members (excludes halogenated alkanes) is 1. The number of hydrogen-bond acceptors (Lipinski definition) is 2. The second-order valence-corrected chi connectivity index (χ2v) is 7.98. The highest BCUT2D eigenvalue weighted by Gasteiger charge is 2.45. The van der Waals surface area contributed by atoms with Crippen LogP contribution in [-0.4, -0.2) is 15.8 Å². The van der Waals surface area contributed by atoms with E-state index in [9.17, 15) is 10.2 Å². The van der Waals surface area contributed by atoms with E-state index in [1.807, 2.05) is 19.9 Å². The molecule has 0 aromatic carbocycles. The van der Waals surface area contributed by atoms with Crippen LogP contribution in [0, 0.1) is 5.41 Å². The van der Waals surface area contributed by atoms with Crippen molar-refractivity contribution in [3.05, 3.63) is 58.4 Å². The smallest absolute Gasteiger partial charge is 0.114 e. The maximum atomic E-state index is 9.93. The second-order valence-electron chi connectivity index (χ2n) is 7.98. The highest BCUT2D eigenvalue weighted by Crippen LogP contribution is 2.57. The summed E-state index contributed by atoms with van der Waals surface area (Å²) < 4.78 is 0. The van der Waals surface area contributed by atoms with Gasteiger partial charge in [-0.3, -0.25) is 0 Å². The molecule has 0 saturated carbocycles. The first kappa shape index (κ1) is 16.3. The monoisotopic (exact) mass is 312 g/mol. The largest absolute Gasteiger partial charge is 0.508 e. The van der Waals surface area contributed by atoms with Gasteiger partial charge in [0.2, 0.25) is 0 Å². The first-order chi connectivity index (χ1) is 10.8. The Bertz CT molecular complexity index is 650. The molecule has 1 atom stereocenters. The molecule has 2 N–H and O–H groups in total. The van der Waals surface area contributed by atoms with E-state index in [4.69, 9.17) is 0 Å². The zero-order valence-corrected chi connectivity index (χ0v) is 14.5. The van der Waals surface area contributed by atoms with Gasteiger partial charge in [-0.2, -0.15) is 0 Å². The molecule has 2 bridgehead atoms. The summed E-state index contributed by atoms with van der Waals surface area (Å²) in [7, 11) is 0. The van der Waals surface area contributed by atoms with Gasteiger partial charge in [0.15, 0.2) is 0 Å². The molecule has 3 aliphatic rings. The van der Waals surface area contributed by atoms with Crippen LogP contribution >= 0.6 is 0 Å². The fourth-order valence-corrected chi connectivity index (χ4v) is 3.98. The fourth-order valence-electron chi connectivity index (χ4n) is 3.98. The van der Waals surface area contributed by atoms with Crippen molar-refractivity contribution in [2.75, 3.05) is 0 Å². The highest BCUT2D eigenvalue weighted by atomic mass is 16.3. The average molecular weight is 312 g/mol. The van der Waals surface area contributed by atoms with Gasteiger partial charge in [-0.05, 0) is 75.7 Å². The van der Waals surface area contributed by atoms with Crippen molar-refractivity contribution in [2.45, 2.75) is 64.9 Å². The van der Waals surface area contributed by atoms with E-state index < -0.39 is 5.60 Å². The zero-order valence-electron chi connectivity index (χ0n) is 14.5. The molecule has 2 heteroatoms. The van der Waals surface area contributed by atoms with Crippen LogP contribution in [0.2, 0.25) is 0 Å². The highest BCUT2D eigenvalue weighted by molar-refractivity contribution is 5.61. The van der Waals surface area contributed by atoms with Gasteiger partial charge < -0.3 is 10.2 Å². The Balaban J connectivity index is 1.61. The molecular weight excluding hydrogens is 284 g/mol. The van der Waals surface area contributed by atoms with E-state index in [0.717, 1.165) is 44.1 Å². The molecule has 0 amide bonds. The topological polar surface area (TPSA) is 40.5 Å². The molecular formula is C21H28O2. The predicted molar refractivity (Wildman–Crippen MR) is 95.2 cm³/mol. The van der Waals surface area contributed by atoms with Crippen LogP contribution < -0.4 is 0 Å². The Labute approximate surface area is 139 Å². The maximum Gasteiger partial charge on any atom is 0.114 e. The number of hydrogen-bond donors (Lipinski definition) is 2. The first-order valence-corrected chi connectivity index (χ1v) is 8.73. The lowest BCUT2D eigenvalue weighted by atomic mass is 9.71. The SMILES string of the molecule is CC(=CC1=CC=C2C=C3CC12CC=C3O)CCCCC(C)(C)O. The number of aliphatic hydroxyl groups is 2. The molecule has 23 heavy (non-hydrogen) atoms. The average Bonchev–Trinajstić information content (AvgIpc) is 2.93. The number of allylic oxidation sites excluding steroid dienone is 9. The van der Waals surface area contributed by atoms with E-state index in [2.05, 4.69) is 31.2 Å². The van der Waals surface area contributed by atoms with E-state index in [0.29, 0.717) is 5.76 Å². The van der Waals surface area contributed by atoms with Crippen LogP contribution in [0.5, 0.6) is 0 Å². The van der Waals surface area contributed by atoms with Crippen molar-refractivity contribution in [3.63, 3.8) is 0 Å². The minimum Gasteiger partial charge on any atom is -0.508 e. The van der Waals surface area contributed by atoms with Crippen molar-refractivity contribution in [1.82, 2.24) is 0 Å². The van der Waals surface area contributed by atoms with E-state index >= 15 is 0 Å². The Morgan fingerprint density at radius 1 is 1.30 bits per heavy atom. The van der Waals surface area contributed by atoms with Crippen molar-refractivity contribution >= 4 is 0 Å². The molecule has 3 rings (SSSR count). The van der Waals surface area contributed by atoms with Gasteiger partial charge in [0.05, 0.1) is 5.60 Å². The Morgan fingerprint density at radius 3 is 2.83 bits per heavy atom. The lowest BCUT2D eigenvalue weighted by Gasteiger charge is -2.31. The van der Waals surface area contributed by atoms with Gasteiger partial charge in [0.25, 0.3) is 0 Å². The molecule has 3 aliphatic carbocycles. The van der Waals surface area contributed by atoms with Gasteiger partial charge in [-0.1, -0.05) is 36.3 Å². The summed E-state index contributed by atoms with van der Waals surface area (Å²) in [5.74, 6) is 0.470. The van der Waals surface area contributed by atoms with Crippen LogP contribution in [0.1, 0.15) is 59.3 Å². The maximum absolute atomic E-state index is 9.93. The van der Waals surface area contributed by atoms with Gasteiger partial charge in [0.1, 0.15) is 5.76 Å². The molecule has 124 valence electrons. The minimum absolute atomic E-state index is 0.0932. The summed E-state index contributed by atoms with van der Waals surface area (Å²) in [6, 6.07) is 0. The Hall–Kier alpha value is -1.54. The summed E-state index contributed by atoms with van der Waals surface area (Å²) in [5, 5.41) is 19.7.